The Morgan fingerprint density at radius 2 is 1.73 bits per heavy atom. The van der Waals surface area contributed by atoms with Gasteiger partial charge in [-0.05, 0) is 37.1 Å². The van der Waals surface area contributed by atoms with Crippen molar-refractivity contribution in [3.05, 3.63) is 47.4 Å². The molecule has 0 spiro atoms. The molecule has 0 atom stereocenters. The average Bonchev–Trinajstić information content (AvgIpc) is 2.48. The van der Waals surface area contributed by atoms with Crippen LogP contribution in [-0.4, -0.2) is 24.1 Å². The van der Waals surface area contributed by atoms with Crippen LogP contribution in [0, 0.1) is 5.82 Å². The average molecular weight is 299 g/mol. The Morgan fingerprint density at radius 1 is 1.09 bits per heavy atom. The summed E-state index contributed by atoms with van der Waals surface area (Å²) in [6.45, 7) is 6.20. The SMILES string of the molecule is C/C=C/c1c(-c2ccc(F)cc2)nc(N(C)C)nc1C(C)C. The van der Waals surface area contributed by atoms with Crippen molar-refractivity contribution < 1.29 is 4.39 Å². The van der Waals surface area contributed by atoms with Crippen LogP contribution in [0.1, 0.15) is 37.9 Å². The molecule has 4 heteroatoms. The van der Waals surface area contributed by atoms with Crippen LogP contribution in [0.2, 0.25) is 0 Å². The Kier molecular flexibility index (Phi) is 4.91. The molecule has 0 N–H and O–H groups in total. The Balaban J connectivity index is 2.75. The lowest BCUT2D eigenvalue weighted by Gasteiger charge is -2.18. The quantitative estimate of drug-likeness (QED) is 0.832. The Labute approximate surface area is 131 Å². The zero-order valence-corrected chi connectivity index (χ0v) is 13.8. The maximum absolute atomic E-state index is 13.2. The standard InChI is InChI=1S/C18H22FN3/c1-6-7-15-16(12(2)3)20-18(22(4)5)21-17(15)13-8-10-14(19)11-9-13/h6-12H,1-5H3/b7-6+. The second-order valence-corrected chi connectivity index (χ2v) is 5.73. The highest BCUT2D eigenvalue weighted by Crippen LogP contribution is 2.30. The number of allylic oxidation sites excluding steroid dienone is 1. The summed E-state index contributed by atoms with van der Waals surface area (Å²) in [5.41, 5.74) is 3.72. The molecule has 0 amide bonds. The van der Waals surface area contributed by atoms with E-state index in [4.69, 9.17) is 0 Å². The first-order valence-corrected chi connectivity index (χ1v) is 7.42. The number of anilines is 1. The molecule has 2 rings (SSSR count). The number of rotatable bonds is 4. The summed E-state index contributed by atoms with van der Waals surface area (Å²) < 4.78 is 13.2. The molecule has 0 aliphatic rings. The molecule has 3 nitrogen and oxygen atoms in total. The summed E-state index contributed by atoms with van der Waals surface area (Å²) >= 11 is 0. The van der Waals surface area contributed by atoms with Gasteiger partial charge in [0.05, 0.1) is 11.4 Å². The van der Waals surface area contributed by atoms with Gasteiger partial charge in [-0.3, -0.25) is 0 Å². The molecule has 1 aromatic carbocycles. The van der Waals surface area contributed by atoms with Crippen LogP contribution in [-0.2, 0) is 0 Å². The van der Waals surface area contributed by atoms with Gasteiger partial charge in [0.15, 0.2) is 0 Å². The van der Waals surface area contributed by atoms with Crippen molar-refractivity contribution in [1.29, 1.82) is 0 Å². The second kappa shape index (κ2) is 6.69. The summed E-state index contributed by atoms with van der Waals surface area (Å²) in [4.78, 5) is 11.2. The lowest BCUT2D eigenvalue weighted by Crippen LogP contribution is -2.16. The van der Waals surface area contributed by atoms with Crippen LogP contribution in [0.25, 0.3) is 17.3 Å². The van der Waals surface area contributed by atoms with E-state index in [-0.39, 0.29) is 11.7 Å². The molecule has 0 unspecified atom stereocenters. The zero-order chi connectivity index (χ0) is 16.3. The van der Waals surface area contributed by atoms with Gasteiger partial charge < -0.3 is 4.90 Å². The van der Waals surface area contributed by atoms with Crippen molar-refractivity contribution in [3.63, 3.8) is 0 Å². The molecule has 22 heavy (non-hydrogen) atoms. The molecule has 0 bridgehead atoms. The first-order chi connectivity index (χ1) is 10.4. The van der Waals surface area contributed by atoms with E-state index in [1.54, 1.807) is 12.1 Å². The third-order valence-corrected chi connectivity index (χ3v) is 3.36. The van der Waals surface area contributed by atoms with Gasteiger partial charge in [0.2, 0.25) is 5.95 Å². The zero-order valence-electron chi connectivity index (χ0n) is 13.8. The van der Waals surface area contributed by atoms with Crippen LogP contribution in [0.5, 0.6) is 0 Å². The molecule has 0 fully saturated rings. The Hall–Kier alpha value is -2.23. The molecule has 0 aliphatic carbocycles. The Morgan fingerprint density at radius 3 is 2.23 bits per heavy atom. The normalized spacial score (nSPS) is 11.4. The van der Waals surface area contributed by atoms with Crippen molar-refractivity contribution in [3.8, 4) is 11.3 Å². The van der Waals surface area contributed by atoms with Crippen molar-refractivity contribution >= 4 is 12.0 Å². The van der Waals surface area contributed by atoms with Crippen molar-refractivity contribution in [2.75, 3.05) is 19.0 Å². The lowest BCUT2D eigenvalue weighted by atomic mass is 9.98. The van der Waals surface area contributed by atoms with Gasteiger partial charge in [0.1, 0.15) is 5.82 Å². The summed E-state index contributed by atoms with van der Waals surface area (Å²) in [6, 6.07) is 6.44. The summed E-state index contributed by atoms with van der Waals surface area (Å²) in [7, 11) is 3.84. The molecule has 0 aliphatic heterocycles. The molecule has 1 aromatic heterocycles. The van der Waals surface area contributed by atoms with E-state index in [0.717, 1.165) is 22.5 Å². The topological polar surface area (TPSA) is 29.0 Å². The van der Waals surface area contributed by atoms with Gasteiger partial charge >= 0.3 is 0 Å². The minimum Gasteiger partial charge on any atom is -0.347 e. The van der Waals surface area contributed by atoms with E-state index >= 15 is 0 Å². The molecule has 0 saturated heterocycles. The minimum atomic E-state index is -0.248. The van der Waals surface area contributed by atoms with Crippen LogP contribution < -0.4 is 4.90 Å². The van der Waals surface area contributed by atoms with Crippen LogP contribution >= 0.6 is 0 Å². The smallest absolute Gasteiger partial charge is 0.225 e. The molecule has 1 heterocycles. The fourth-order valence-corrected chi connectivity index (χ4v) is 2.27. The molecule has 116 valence electrons. The number of hydrogen-bond acceptors (Lipinski definition) is 3. The predicted octanol–water partition coefficient (Wildman–Crippen LogP) is 4.51. The minimum absolute atomic E-state index is 0.248. The number of halogens is 1. The van der Waals surface area contributed by atoms with Gasteiger partial charge in [0, 0.05) is 25.2 Å². The number of aromatic nitrogens is 2. The van der Waals surface area contributed by atoms with Gasteiger partial charge in [-0.15, -0.1) is 0 Å². The second-order valence-electron chi connectivity index (χ2n) is 5.73. The molecular weight excluding hydrogens is 277 g/mol. The highest BCUT2D eigenvalue weighted by atomic mass is 19.1. The molecule has 2 aromatic rings. The largest absolute Gasteiger partial charge is 0.347 e. The maximum atomic E-state index is 13.2. The van der Waals surface area contributed by atoms with Gasteiger partial charge in [-0.1, -0.05) is 26.0 Å². The maximum Gasteiger partial charge on any atom is 0.225 e. The lowest BCUT2D eigenvalue weighted by molar-refractivity contribution is 0.628. The summed E-state index contributed by atoms with van der Waals surface area (Å²) in [5.74, 6) is 0.686. The number of nitrogens with zero attached hydrogens (tertiary/aromatic N) is 3. The van der Waals surface area contributed by atoms with Crippen LogP contribution in [0.3, 0.4) is 0 Å². The molecule has 0 saturated carbocycles. The third kappa shape index (κ3) is 3.32. The fraction of sp³-hybridized carbons (Fsp3) is 0.333. The molecular formula is C18H22FN3. The van der Waals surface area contributed by atoms with Crippen LogP contribution in [0.15, 0.2) is 30.3 Å². The van der Waals surface area contributed by atoms with Crippen molar-refractivity contribution in [1.82, 2.24) is 9.97 Å². The van der Waals surface area contributed by atoms with Gasteiger partial charge in [-0.25, -0.2) is 14.4 Å². The number of hydrogen-bond donors (Lipinski definition) is 0. The van der Waals surface area contributed by atoms with Crippen molar-refractivity contribution in [2.45, 2.75) is 26.7 Å². The molecule has 0 radical (unpaired) electrons. The summed E-state index contributed by atoms with van der Waals surface area (Å²) in [6.07, 6.45) is 4.00. The first kappa shape index (κ1) is 16.1. The van der Waals surface area contributed by atoms with Gasteiger partial charge in [-0.2, -0.15) is 0 Å². The van der Waals surface area contributed by atoms with E-state index in [1.807, 2.05) is 38.1 Å². The fourth-order valence-electron chi connectivity index (χ4n) is 2.27. The highest BCUT2D eigenvalue weighted by Gasteiger charge is 2.17. The van der Waals surface area contributed by atoms with E-state index in [1.165, 1.54) is 12.1 Å². The highest BCUT2D eigenvalue weighted by molar-refractivity contribution is 5.74. The monoisotopic (exact) mass is 299 g/mol. The van der Waals surface area contributed by atoms with Gasteiger partial charge in [0.25, 0.3) is 0 Å². The van der Waals surface area contributed by atoms with E-state index in [0.29, 0.717) is 5.95 Å². The van der Waals surface area contributed by atoms with Crippen LogP contribution in [0.4, 0.5) is 10.3 Å². The van der Waals surface area contributed by atoms with Crippen molar-refractivity contribution in [2.24, 2.45) is 0 Å². The van der Waals surface area contributed by atoms with E-state index < -0.39 is 0 Å². The first-order valence-electron chi connectivity index (χ1n) is 7.42. The predicted molar refractivity (Wildman–Crippen MR) is 90.6 cm³/mol. The third-order valence-electron chi connectivity index (χ3n) is 3.36. The van der Waals surface area contributed by atoms with E-state index in [9.17, 15) is 4.39 Å². The summed E-state index contributed by atoms with van der Waals surface area (Å²) in [5, 5.41) is 0. The number of benzene rings is 1. The Bertz CT molecular complexity index is 673. The van der Waals surface area contributed by atoms with E-state index in [2.05, 4.69) is 23.8 Å².